The molecule has 9 nitrogen and oxygen atoms in total. The van der Waals surface area contributed by atoms with Gasteiger partial charge in [0.05, 0.1) is 24.2 Å². The molecule has 0 saturated carbocycles. The number of hydrogen-bond donors (Lipinski definition) is 4. The molecule has 0 aromatic heterocycles. The topological polar surface area (TPSA) is 118 Å². The van der Waals surface area contributed by atoms with Gasteiger partial charge in [-0.2, -0.15) is 0 Å². The number of fused-ring (bicyclic) bond motifs is 3. The molecule has 0 aromatic carbocycles. The lowest BCUT2D eigenvalue weighted by atomic mass is 9.72. The number of alkyl carbamates (subject to hydrolysis) is 2. The molecule has 3 aliphatic heterocycles. The summed E-state index contributed by atoms with van der Waals surface area (Å²) in [4.78, 5) is 37.2. The first-order valence-corrected chi connectivity index (χ1v) is 13.7. The van der Waals surface area contributed by atoms with Gasteiger partial charge in [-0.1, -0.05) is 30.7 Å². The molecule has 4 N–H and O–H groups in total. The van der Waals surface area contributed by atoms with E-state index in [-0.39, 0.29) is 54.2 Å². The lowest BCUT2D eigenvalue weighted by molar-refractivity contribution is 0.0831. The molecule has 4 amide bonds. The lowest BCUT2D eigenvalue weighted by Crippen LogP contribution is -2.48. The van der Waals surface area contributed by atoms with Crippen LogP contribution in [-0.4, -0.2) is 54.6 Å². The monoisotopic (exact) mass is 496 g/mol. The van der Waals surface area contributed by atoms with Gasteiger partial charge in [0.2, 0.25) is 0 Å². The van der Waals surface area contributed by atoms with E-state index in [2.05, 4.69) is 39.5 Å². The van der Waals surface area contributed by atoms with Crippen LogP contribution in [0.4, 0.5) is 14.4 Å². The van der Waals surface area contributed by atoms with Crippen molar-refractivity contribution in [1.29, 1.82) is 0 Å². The second-order valence-corrected chi connectivity index (χ2v) is 10.9. The van der Waals surface area contributed by atoms with Crippen LogP contribution in [0.2, 0.25) is 0 Å². The zero-order valence-corrected chi connectivity index (χ0v) is 20.5. The van der Waals surface area contributed by atoms with Crippen LogP contribution in [0.5, 0.6) is 0 Å². The Kier molecular flexibility index (Phi) is 6.39. The first-order chi connectivity index (χ1) is 17.6. The fourth-order valence-electron chi connectivity index (χ4n) is 7.19. The van der Waals surface area contributed by atoms with E-state index in [4.69, 9.17) is 9.47 Å². The van der Waals surface area contributed by atoms with Crippen LogP contribution in [0.15, 0.2) is 35.5 Å². The summed E-state index contributed by atoms with van der Waals surface area (Å²) in [6.07, 6.45) is 16.8. The number of hydrogen-bond acceptors (Lipinski definition) is 5. The van der Waals surface area contributed by atoms with Crippen LogP contribution in [-0.2, 0) is 9.47 Å². The summed E-state index contributed by atoms with van der Waals surface area (Å²) in [7, 11) is 0. The minimum Gasteiger partial charge on any atom is -0.443 e. The molecule has 9 heteroatoms. The van der Waals surface area contributed by atoms with E-state index >= 15 is 0 Å². The van der Waals surface area contributed by atoms with Gasteiger partial charge in [0.25, 0.3) is 0 Å². The third kappa shape index (κ3) is 4.37. The number of allylic oxidation sites excluding steroid dienone is 3. The molecule has 3 aliphatic carbocycles. The third-order valence-electron chi connectivity index (χ3n) is 8.78. The Labute approximate surface area is 211 Å². The van der Waals surface area contributed by atoms with Crippen molar-refractivity contribution in [3.63, 3.8) is 0 Å². The van der Waals surface area contributed by atoms with Gasteiger partial charge in [0.15, 0.2) is 0 Å². The van der Waals surface area contributed by atoms with Crippen LogP contribution in [0.25, 0.3) is 0 Å². The molecule has 6 aliphatic rings. The van der Waals surface area contributed by atoms with Gasteiger partial charge in [0.1, 0.15) is 12.2 Å². The molecule has 3 heterocycles. The molecule has 0 aromatic rings. The summed E-state index contributed by atoms with van der Waals surface area (Å²) in [5.74, 6) is 0.0363. The average Bonchev–Trinajstić information content (AvgIpc) is 3.49. The second kappa shape index (κ2) is 9.82. The Morgan fingerprint density at radius 3 is 2.42 bits per heavy atom. The third-order valence-corrected chi connectivity index (χ3v) is 8.78. The van der Waals surface area contributed by atoms with E-state index in [0.717, 1.165) is 69.8 Å². The average molecular weight is 497 g/mol. The SMILES string of the molecule is O=C1NC2CCCC/C=C(\C3CCC/C=C(\C4CCC/C=C/C5NC(=O)OC54)C4OC(=O)NC34)C2N1. The fraction of sp³-hybridized carbons (Fsp3) is 0.667. The maximum atomic E-state index is 12.7. The van der Waals surface area contributed by atoms with Crippen LogP contribution in [0.1, 0.15) is 64.2 Å². The summed E-state index contributed by atoms with van der Waals surface area (Å²) in [6.45, 7) is 0. The zero-order valence-electron chi connectivity index (χ0n) is 20.5. The Balaban J connectivity index is 1.34. The molecule has 8 atom stereocenters. The van der Waals surface area contributed by atoms with Crippen molar-refractivity contribution in [2.24, 2.45) is 11.8 Å². The van der Waals surface area contributed by atoms with E-state index in [1.54, 1.807) is 0 Å². The van der Waals surface area contributed by atoms with Crippen LogP contribution >= 0.6 is 0 Å². The lowest BCUT2D eigenvalue weighted by Gasteiger charge is -2.38. The summed E-state index contributed by atoms with van der Waals surface area (Å²) in [5, 5.41) is 12.4. The van der Waals surface area contributed by atoms with Crippen molar-refractivity contribution in [1.82, 2.24) is 21.3 Å². The number of carbonyl (C=O) groups excluding carboxylic acids is 3. The van der Waals surface area contributed by atoms with Crippen molar-refractivity contribution in [3.05, 3.63) is 35.5 Å². The van der Waals surface area contributed by atoms with E-state index in [1.165, 1.54) is 5.57 Å². The summed E-state index contributed by atoms with van der Waals surface area (Å²) in [6, 6.07) is -0.511. The van der Waals surface area contributed by atoms with Crippen molar-refractivity contribution in [2.75, 3.05) is 0 Å². The van der Waals surface area contributed by atoms with Gasteiger partial charge in [-0.3, -0.25) is 0 Å². The first-order valence-electron chi connectivity index (χ1n) is 13.7. The molecule has 0 radical (unpaired) electrons. The van der Waals surface area contributed by atoms with E-state index in [0.29, 0.717) is 0 Å². The van der Waals surface area contributed by atoms with Gasteiger partial charge < -0.3 is 30.7 Å². The Hall–Kier alpha value is -2.97. The van der Waals surface area contributed by atoms with Gasteiger partial charge in [-0.15, -0.1) is 0 Å². The van der Waals surface area contributed by atoms with Crippen molar-refractivity contribution >= 4 is 18.2 Å². The van der Waals surface area contributed by atoms with Crippen LogP contribution < -0.4 is 21.3 Å². The predicted molar refractivity (Wildman–Crippen MR) is 132 cm³/mol. The highest BCUT2D eigenvalue weighted by atomic mass is 16.6. The van der Waals surface area contributed by atoms with E-state index in [1.807, 2.05) is 6.08 Å². The maximum absolute atomic E-state index is 12.7. The van der Waals surface area contributed by atoms with Gasteiger partial charge >= 0.3 is 18.2 Å². The van der Waals surface area contributed by atoms with Gasteiger partial charge in [-0.05, 0) is 68.9 Å². The molecule has 3 saturated heterocycles. The molecular formula is C27H36N4O5. The van der Waals surface area contributed by atoms with Crippen molar-refractivity contribution in [3.8, 4) is 0 Å². The van der Waals surface area contributed by atoms with Crippen molar-refractivity contribution < 1.29 is 23.9 Å². The number of urea groups is 1. The predicted octanol–water partition coefficient (Wildman–Crippen LogP) is 3.57. The number of amides is 4. The molecule has 3 fully saturated rings. The molecule has 0 bridgehead atoms. The van der Waals surface area contributed by atoms with Gasteiger partial charge in [-0.25, -0.2) is 14.4 Å². The van der Waals surface area contributed by atoms with Crippen molar-refractivity contribution in [2.45, 2.75) is 101 Å². The van der Waals surface area contributed by atoms with Gasteiger partial charge in [0, 0.05) is 11.8 Å². The molecule has 194 valence electrons. The Bertz CT molecular complexity index is 1010. The normalized spacial score (nSPS) is 44.1. The smallest absolute Gasteiger partial charge is 0.408 e. The quantitative estimate of drug-likeness (QED) is 0.436. The summed E-state index contributed by atoms with van der Waals surface area (Å²) < 4.78 is 11.8. The summed E-state index contributed by atoms with van der Waals surface area (Å²) >= 11 is 0. The highest BCUT2D eigenvalue weighted by Crippen LogP contribution is 2.42. The number of ether oxygens (including phenoxy) is 2. The van der Waals surface area contributed by atoms with E-state index < -0.39 is 12.2 Å². The van der Waals surface area contributed by atoms with Crippen LogP contribution in [0, 0.1) is 11.8 Å². The molecule has 0 spiro atoms. The van der Waals surface area contributed by atoms with E-state index in [9.17, 15) is 14.4 Å². The molecule has 36 heavy (non-hydrogen) atoms. The Morgan fingerprint density at radius 1 is 0.722 bits per heavy atom. The number of carbonyl (C=O) groups is 3. The first kappa shape index (κ1) is 23.4. The number of rotatable bonds is 2. The minimum atomic E-state index is -0.425. The fourth-order valence-corrected chi connectivity index (χ4v) is 7.19. The maximum Gasteiger partial charge on any atom is 0.408 e. The molecule has 6 rings (SSSR count). The zero-order chi connectivity index (χ0) is 24.6. The van der Waals surface area contributed by atoms with Crippen LogP contribution in [0.3, 0.4) is 0 Å². The Morgan fingerprint density at radius 2 is 1.50 bits per heavy atom. The highest BCUT2D eigenvalue weighted by Gasteiger charge is 2.50. The molecular weight excluding hydrogens is 460 g/mol. The summed E-state index contributed by atoms with van der Waals surface area (Å²) in [5.41, 5.74) is 2.29. The second-order valence-electron chi connectivity index (χ2n) is 10.9. The largest absolute Gasteiger partial charge is 0.443 e. The standard InChI is InChI=1S/C27H36N4O5/c32-25-28-19-13-5-1-3-9-15(21(19)30-25)16-10-7-8-12-18(24-22(16)31-27(34)36-24)17-11-4-2-6-14-20-23(17)35-26(33)29-20/h6,9,12,14,16-17,19-24H,1-5,7-8,10-11,13H2,(H,29,33)(H,31,34)(H2,28,30,32)/b14-6+,15-9+,18-12+. The highest BCUT2D eigenvalue weighted by molar-refractivity contribution is 5.78. The minimum absolute atomic E-state index is 0.0234. The molecule has 8 unspecified atom stereocenters. The number of nitrogens with one attached hydrogen (secondary N) is 4.